The molecular formula is C18H18F3N7O2. The maximum Gasteiger partial charge on any atom is 0.435 e. The molecule has 0 aliphatic carbocycles. The number of nitrogens with one attached hydrogen (secondary N) is 1. The highest BCUT2D eigenvalue weighted by atomic mass is 19.4. The summed E-state index contributed by atoms with van der Waals surface area (Å²) in [6, 6.07) is 3.69. The average molecular weight is 421 g/mol. The second kappa shape index (κ2) is 7.43. The lowest BCUT2D eigenvalue weighted by Gasteiger charge is -2.22. The quantitative estimate of drug-likeness (QED) is 0.694. The molecule has 0 bridgehead atoms. The van der Waals surface area contributed by atoms with Crippen molar-refractivity contribution in [1.29, 1.82) is 0 Å². The van der Waals surface area contributed by atoms with E-state index >= 15 is 0 Å². The van der Waals surface area contributed by atoms with Crippen LogP contribution in [0.2, 0.25) is 0 Å². The van der Waals surface area contributed by atoms with Gasteiger partial charge >= 0.3 is 6.18 Å². The molecule has 0 spiro atoms. The predicted molar refractivity (Wildman–Crippen MR) is 97.5 cm³/mol. The van der Waals surface area contributed by atoms with Crippen LogP contribution in [0.25, 0.3) is 11.4 Å². The van der Waals surface area contributed by atoms with Gasteiger partial charge in [0.1, 0.15) is 11.5 Å². The van der Waals surface area contributed by atoms with Crippen LogP contribution < -0.4 is 10.1 Å². The van der Waals surface area contributed by atoms with Crippen LogP contribution in [0.4, 0.5) is 13.2 Å². The second-order valence-corrected chi connectivity index (χ2v) is 6.81. The van der Waals surface area contributed by atoms with Crippen molar-refractivity contribution < 1.29 is 22.7 Å². The van der Waals surface area contributed by atoms with Gasteiger partial charge in [-0.2, -0.15) is 23.4 Å². The number of pyridine rings is 1. The number of carbonyl (C=O) groups excluding carboxylic acids is 1. The number of aromatic nitrogens is 6. The fraction of sp³-hybridized carbons (Fsp3) is 0.389. The van der Waals surface area contributed by atoms with Gasteiger partial charge in [0, 0.05) is 37.5 Å². The number of alkyl halides is 3. The first-order valence-corrected chi connectivity index (χ1v) is 9.13. The molecular weight excluding hydrogens is 403 g/mol. The van der Waals surface area contributed by atoms with Gasteiger partial charge in [-0.25, -0.2) is 14.6 Å². The van der Waals surface area contributed by atoms with Crippen molar-refractivity contribution in [3.05, 3.63) is 41.6 Å². The van der Waals surface area contributed by atoms with E-state index in [0.717, 1.165) is 17.2 Å². The van der Waals surface area contributed by atoms with Gasteiger partial charge in [-0.3, -0.25) is 9.48 Å². The summed E-state index contributed by atoms with van der Waals surface area (Å²) in [5.74, 6) is 0.751. The van der Waals surface area contributed by atoms with Crippen molar-refractivity contribution in [2.45, 2.75) is 31.6 Å². The largest absolute Gasteiger partial charge is 0.481 e. The summed E-state index contributed by atoms with van der Waals surface area (Å²) >= 11 is 0. The van der Waals surface area contributed by atoms with E-state index in [9.17, 15) is 18.0 Å². The van der Waals surface area contributed by atoms with Crippen molar-refractivity contribution in [2.75, 3.05) is 7.11 Å². The number of rotatable bonds is 4. The van der Waals surface area contributed by atoms with Gasteiger partial charge in [0.15, 0.2) is 11.5 Å². The van der Waals surface area contributed by atoms with Crippen LogP contribution in [0.3, 0.4) is 0 Å². The van der Waals surface area contributed by atoms with Crippen LogP contribution in [-0.4, -0.2) is 42.5 Å². The number of hydrogen-bond donors (Lipinski definition) is 1. The van der Waals surface area contributed by atoms with Gasteiger partial charge in [-0.05, 0) is 18.9 Å². The van der Waals surface area contributed by atoms with Gasteiger partial charge in [-0.15, -0.1) is 0 Å². The van der Waals surface area contributed by atoms with Gasteiger partial charge in [0.25, 0.3) is 5.91 Å². The Hall–Kier alpha value is -3.44. The van der Waals surface area contributed by atoms with Crippen LogP contribution in [0.1, 0.15) is 40.9 Å². The number of halogens is 3. The first-order valence-electron chi connectivity index (χ1n) is 9.13. The monoisotopic (exact) mass is 421 g/mol. The molecule has 0 radical (unpaired) electrons. The number of methoxy groups -OCH3 is 1. The molecule has 30 heavy (non-hydrogen) atoms. The Morgan fingerprint density at radius 2 is 2.10 bits per heavy atom. The Kier molecular flexibility index (Phi) is 4.92. The van der Waals surface area contributed by atoms with Crippen LogP contribution >= 0.6 is 0 Å². The number of carbonyl (C=O) groups is 1. The normalized spacial score (nSPS) is 16.2. The zero-order valence-corrected chi connectivity index (χ0v) is 16.1. The highest BCUT2D eigenvalue weighted by molar-refractivity contribution is 5.93. The van der Waals surface area contributed by atoms with E-state index in [0.29, 0.717) is 36.1 Å². The molecule has 1 atom stereocenters. The molecule has 0 aromatic carbocycles. The van der Waals surface area contributed by atoms with E-state index < -0.39 is 23.8 Å². The fourth-order valence-corrected chi connectivity index (χ4v) is 3.32. The first-order chi connectivity index (χ1) is 14.3. The minimum Gasteiger partial charge on any atom is -0.481 e. The van der Waals surface area contributed by atoms with Crippen LogP contribution in [-0.2, 0) is 19.8 Å². The molecule has 1 aliphatic heterocycles. The number of nitrogens with zero attached hydrogens (tertiary/aromatic N) is 6. The van der Waals surface area contributed by atoms with Crippen LogP contribution in [0, 0.1) is 0 Å². The third kappa shape index (κ3) is 3.72. The van der Waals surface area contributed by atoms with Crippen molar-refractivity contribution in [3.63, 3.8) is 0 Å². The topological polar surface area (TPSA) is 99.7 Å². The number of ether oxygens (including phenoxy) is 1. The van der Waals surface area contributed by atoms with Crippen molar-refractivity contribution >= 4 is 5.91 Å². The Morgan fingerprint density at radius 3 is 2.80 bits per heavy atom. The summed E-state index contributed by atoms with van der Waals surface area (Å²) in [4.78, 5) is 21.2. The lowest BCUT2D eigenvalue weighted by Crippen LogP contribution is -2.34. The lowest BCUT2D eigenvalue weighted by atomic mass is 10.1. The van der Waals surface area contributed by atoms with E-state index in [2.05, 4.69) is 25.5 Å². The molecule has 1 N–H and O–H groups in total. The second-order valence-electron chi connectivity index (χ2n) is 6.81. The molecule has 12 heteroatoms. The van der Waals surface area contributed by atoms with E-state index in [4.69, 9.17) is 4.74 Å². The molecule has 0 fully saturated rings. The third-order valence-electron chi connectivity index (χ3n) is 4.79. The minimum atomic E-state index is -4.62. The molecule has 1 amide bonds. The molecule has 4 heterocycles. The summed E-state index contributed by atoms with van der Waals surface area (Å²) in [7, 11) is 2.80. The van der Waals surface area contributed by atoms with E-state index in [1.165, 1.54) is 14.2 Å². The predicted octanol–water partition coefficient (Wildman–Crippen LogP) is 2.37. The van der Waals surface area contributed by atoms with Gasteiger partial charge in [0.05, 0.1) is 13.2 Å². The molecule has 0 unspecified atom stereocenters. The average Bonchev–Trinajstić information content (AvgIpc) is 3.32. The Morgan fingerprint density at radius 1 is 1.30 bits per heavy atom. The summed E-state index contributed by atoms with van der Waals surface area (Å²) < 4.78 is 46.4. The number of fused-ring (bicyclic) bond motifs is 1. The molecule has 1 aliphatic rings. The molecule has 0 saturated heterocycles. The van der Waals surface area contributed by atoms with Gasteiger partial charge in [0.2, 0.25) is 5.88 Å². The van der Waals surface area contributed by atoms with E-state index in [1.54, 1.807) is 23.0 Å². The summed E-state index contributed by atoms with van der Waals surface area (Å²) in [5.41, 5.74) is -0.593. The standard InChI is InChI=1S/C18H18F3N7O2/c1-27-12(9-13(25-27)18(19,20)21)17(29)23-11-4-3-7-28-16(11)24-15(26-28)10-5-6-22-14(8-10)30-2/h5-6,8-9,11H,3-4,7H2,1-2H3,(H,23,29)/t11-/m0/s1. The SMILES string of the molecule is COc1cc(-c2nc3n(n2)CCC[C@@H]3NC(=O)c2cc(C(F)(F)F)nn2C)ccn1. The Labute approximate surface area is 168 Å². The molecule has 3 aromatic rings. The number of amides is 1. The van der Waals surface area contributed by atoms with Crippen molar-refractivity contribution in [2.24, 2.45) is 7.05 Å². The third-order valence-corrected chi connectivity index (χ3v) is 4.79. The van der Waals surface area contributed by atoms with Gasteiger partial charge in [-0.1, -0.05) is 0 Å². The minimum absolute atomic E-state index is 0.182. The van der Waals surface area contributed by atoms with E-state index in [-0.39, 0.29) is 5.69 Å². The number of hydrogen-bond acceptors (Lipinski definition) is 6. The highest BCUT2D eigenvalue weighted by Gasteiger charge is 2.36. The van der Waals surface area contributed by atoms with Crippen molar-refractivity contribution in [3.8, 4) is 17.3 Å². The van der Waals surface area contributed by atoms with Gasteiger partial charge < -0.3 is 10.1 Å². The molecule has 0 saturated carbocycles. The summed E-state index contributed by atoms with van der Waals surface area (Å²) in [5, 5.41) is 10.6. The smallest absolute Gasteiger partial charge is 0.435 e. The van der Waals surface area contributed by atoms with Crippen LogP contribution in [0.15, 0.2) is 24.4 Å². The molecule has 3 aromatic heterocycles. The molecule has 4 rings (SSSR count). The zero-order chi connectivity index (χ0) is 21.5. The maximum absolute atomic E-state index is 12.9. The van der Waals surface area contributed by atoms with Crippen LogP contribution in [0.5, 0.6) is 5.88 Å². The Bertz CT molecular complexity index is 1090. The highest BCUT2D eigenvalue weighted by Crippen LogP contribution is 2.30. The summed E-state index contributed by atoms with van der Waals surface area (Å²) in [6.45, 7) is 0.626. The zero-order valence-electron chi connectivity index (χ0n) is 16.1. The number of aryl methyl sites for hydroxylation is 2. The van der Waals surface area contributed by atoms with Crippen molar-refractivity contribution in [1.82, 2.24) is 34.8 Å². The van der Waals surface area contributed by atoms with E-state index in [1.807, 2.05) is 0 Å². The fourth-order valence-electron chi connectivity index (χ4n) is 3.32. The lowest BCUT2D eigenvalue weighted by molar-refractivity contribution is -0.141. The summed E-state index contributed by atoms with van der Waals surface area (Å²) in [6.07, 6.45) is -1.72. The molecule has 9 nitrogen and oxygen atoms in total. The first kappa shape index (κ1) is 19.9. The Balaban J connectivity index is 1.59. The maximum atomic E-state index is 12.9. The molecule has 158 valence electrons.